The molecule has 20 nitrogen and oxygen atoms in total. The minimum atomic E-state index is -1.57. The van der Waals surface area contributed by atoms with Crippen LogP contribution in [-0.2, 0) is 52.7 Å². The number of Topliss-reactive ketones (excluding diaryl/α,β-unsaturated/α-hetero) is 4. The molecule has 0 unspecified atom stereocenters. The average molecular weight is 1210 g/mol. The molecule has 492 valence electrons. The lowest BCUT2D eigenvalue weighted by Crippen LogP contribution is -2.62. The molecule has 0 aromatic rings. The Kier molecular flexibility index (Phi) is 32.5. The van der Waals surface area contributed by atoms with Crippen LogP contribution in [0.3, 0.4) is 0 Å². The third-order valence-electron chi connectivity index (χ3n) is 17.3. The lowest BCUT2D eigenvalue weighted by molar-refractivity contribution is -0.155. The van der Waals surface area contributed by atoms with Crippen LogP contribution in [0, 0.1) is 64.6 Å². The first-order valence-electron chi connectivity index (χ1n) is 31.7. The molecule has 0 saturated carbocycles. The van der Waals surface area contributed by atoms with Crippen molar-refractivity contribution in [1.29, 1.82) is 0 Å². The van der Waals surface area contributed by atoms with E-state index >= 15 is 4.79 Å². The molecule has 0 radical (unpaired) electrons. The van der Waals surface area contributed by atoms with E-state index in [1.807, 2.05) is 68.4 Å². The van der Waals surface area contributed by atoms with Crippen LogP contribution >= 0.6 is 0 Å². The Bertz CT molecular complexity index is 2350. The fourth-order valence-electron chi connectivity index (χ4n) is 12.3. The van der Waals surface area contributed by atoms with Crippen molar-refractivity contribution in [2.24, 2.45) is 64.6 Å². The number of rotatable bonds is 16. The zero-order chi connectivity index (χ0) is 66.7. The second-order valence-corrected chi connectivity index (χ2v) is 27.7. The maximum Gasteiger partial charge on any atom is 0.246 e. The number of aliphatic hydroxyl groups is 1. The van der Waals surface area contributed by atoms with E-state index in [2.05, 4.69) is 16.0 Å². The van der Waals surface area contributed by atoms with Crippen LogP contribution in [0.1, 0.15) is 182 Å². The fraction of sp³-hybridized carbons (Fsp3) is 0.803. The van der Waals surface area contributed by atoms with E-state index in [9.17, 15) is 53.1 Å². The molecule has 0 aromatic carbocycles. The van der Waals surface area contributed by atoms with Gasteiger partial charge in [-0.25, -0.2) is 0 Å². The summed E-state index contributed by atoms with van der Waals surface area (Å²) in [5.74, 6) is -11.6. The van der Waals surface area contributed by atoms with E-state index in [1.165, 1.54) is 61.8 Å². The lowest BCUT2D eigenvalue weighted by Gasteiger charge is -2.41. The molecule has 1 saturated heterocycles. The van der Waals surface area contributed by atoms with Crippen molar-refractivity contribution in [3.63, 3.8) is 0 Å². The molecule has 20 heteroatoms. The van der Waals surface area contributed by atoms with Gasteiger partial charge in [-0.05, 0) is 88.5 Å². The number of amides is 7. The number of aliphatic hydroxyl groups excluding tert-OH is 1. The van der Waals surface area contributed by atoms with Gasteiger partial charge in [0.2, 0.25) is 41.4 Å². The predicted molar refractivity (Wildman–Crippen MR) is 337 cm³/mol. The predicted octanol–water partition coefficient (Wildman–Crippen LogP) is 6.54. The molecular weight excluding hydrogens is 1100 g/mol. The van der Waals surface area contributed by atoms with Gasteiger partial charge in [0.05, 0.1) is 30.3 Å². The van der Waals surface area contributed by atoms with Gasteiger partial charge in [0.25, 0.3) is 0 Å². The van der Waals surface area contributed by atoms with Gasteiger partial charge in [-0.3, -0.25) is 52.7 Å². The van der Waals surface area contributed by atoms with Gasteiger partial charge in [-0.15, -0.1) is 0 Å². The number of allylic oxidation sites excluding steroid dienone is 2. The smallest absolute Gasteiger partial charge is 0.246 e. The molecule has 7 amide bonds. The fourth-order valence-corrected chi connectivity index (χ4v) is 12.3. The first kappa shape index (κ1) is 78.6. The van der Waals surface area contributed by atoms with Crippen molar-refractivity contribution in [3.05, 3.63) is 12.2 Å². The number of carbonyl (C=O) groups excluding carboxylic acids is 11. The quantitative estimate of drug-likeness (QED) is 0.120. The average Bonchev–Trinajstić information content (AvgIpc) is 1.26. The minimum absolute atomic E-state index is 0.0723. The summed E-state index contributed by atoms with van der Waals surface area (Å²) in [7, 11) is 9.05. The van der Waals surface area contributed by atoms with E-state index in [-0.39, 0.29) is 75.7 Å². The van der Waals surface area contributed by atoms with Crippen molar-refractivity contribution in [3.8, 4) is 0 Å². The summed E-state index contributed by atoms with van der Waals surface area (Å²) in [5, 5.41) is 20.8. The number of likely N-dealkylation sites (N-methyl/N-ethyl adjacent to an activating group) is 5. The van der Waals surface area contributed by atoms with Gasteiger partial charge in [-0.2, -0.15) is 0 Å². The first-order chi connectivity index (χ1) is 39.7. The summed E-state index contributed by atoms with van der Waals surface area (Å²) >= 11 is 0. The highest BCUT2D eigenvalue weighted by atomic mass is 16.3. The Morgan fingerprint density at radius 3 is 1.51 bits per heavy atom. The van der Waals surface area contributed by atoms with Gasteiger partial charge in [-0.1, -0.05) is 123 Å². The molecule has 1 fully saturated rings. The van der Waals surface area contributed by atoms with Gasteiger partial charge in [0.1, 0.15) is 18.1 Å². The summed E-state index contributed by atoms with van der Waals surface area (Å²) < 4.78 is 0. The van der Waals surface area contributed by atoms with E-state index in [0.29, 0.717) is 6.42 Å². The molecule has 1 aliphatic heterocycles. The lowest BCUT2D eigenvalue weighted by atomic mass is 9.76. The number of nitrogens with zero attached hydrogens (tertiary/aromatic N) is 5. The van der Waals surface area contributed by atoms with E-state index in [4.69, 9.17) is 0 Å². The highest BCUT2D eigenvalue weighted by Gasteiger charge is 2.46. The van der Waals surface area contributed by atoms with Crippen molar-refractivity contribution < 1.29 is 57.8 Å². The monoisotopic (exact) mass is 1210 g/mol. The van der Waals surface area contributed by atoms with Gasteiger partial charge >= 0.3 is 0 Å². The summed E-state index contributed by atoms with van der Waals surface area (Å²) in [5.41, 5.74) is -0.917. The minimum Gasteiger partial charge on any atom is -0.390 e. The third kappa shape index (κ3) is 22.0. The van der Waals surface area contributed by atoms with Crippen LogP contribution < -0.4 is 16.0 Å². The number of carbonyl (C=O) groups is 11. The highest BCUT2D eigenvalue weighted by Crippen LogP contribution is 2.32. The summed E-state index contributed by atoms with van der Waals surface area (Å²) in [4.78, 5) is 168. The molecular formula is C66H116N8O12. The standard InChI is InChI=1S/C66H116N8O12/c1-25-27-28-42(13)57(79)56-60(81)69-48(26-2)51(75)33-44(15)61(82)74(24)58(66(17,18)36-67-19)54(78)35-47(40(9)10)64(85)71(21)49(30-38(5)6)52(76)32-43(14)59(80)68-45(16)62(83)70(20)50(31-39(7)8)53(77)34-46(29-37(3)4)63(84)72(22)55(41(11)12)65(86)73(56)23/h25,27,37-50,55-58,67,79H,26,28-36H2,1-24H3,(H,68,80)(H,69,81)/b27-25+/t42-,43-,44+,45-,46-,47+,48+,49+,50+,55+,56+,57-,58-/m1/s1. The van der Waals surface area contributed by atoms with Gasteiger partial charge in [0, 0.05) is 96.6 Å². The Morgan fingerprint density at radius 1 is 0.558 bits per heavy atom. The second kappa shape index (κ2) is 35.6. The van der Waals surface area contributed by atoms with Crippen LogP contribution in [0.5, 0.6) is 0 Å². The first-order valence-corrected chi connectivity index (χ1v) is 31.7. The van der Waals surface area contributed by atoms with Crippen LogP contribution in [-0.4, -0.2) is 191 Å². The summed E-state index contributed by atoms with van der Waals surface area (Å²) in [6.45, 7) is 32.3. The Labute approximate surface area is 517 Å². The van der Waals surface area contributed by atoms with E-state index in [1.54, 1.807) is 68.5 Å². The van der Waals surface area contributed by atoms with Crippen molar-refractivity contribution >= 4 is 64.5 Å². The molecule has 0 spiro atoms. The van der Waals surface area contributed by atoms with Crippen LogP contribution in [0.15, 0.2) is 12.2 Å². The molecule has 4 N–H and O–H groups in total. The maximum absolute atomic E-state index is 15.1. The summed E-state index contributed by atoms with van der Waals surface area (Å²) in [6, 6.07) is -8.22. The van der Waals surface area contributed by atoms with Crippen LogP contribution in [0.4, 0.5) is 0 Å². The Hall–Kier alpha value is -5.37. The van der Waals surface area contributed by atoms with Crippen LogP contribution in [0.2, 0.25) is 0 Å². The number of hydrogen-bond acceptors (Lipinski definition) is 13. The normalized spacial score (nSPS) is 27.9. The number of hydrogen-bond donors (Lipinski definition) is 4. The summed E-state index contributed by atoms with van der Waals surface area (Å²) in [6.07, 6.45) is 2.04. The molecule has 1 rings (SSSR count). The SMILES string of the molecule is C/C=C/C[C@@H](C)[C@@H](O)[C@H]1C(=O)N[C@@H](CC)C(=O)C[C@H](C)C(=O)N(C)[C@@H](C(C)(C)CNC)C(=O)C[C@@H](C(C)C)C(=O)N(C)[C@@H](CC(C)C)C(=O)C[C@@H](C)C(=O)N[C@H](C)C(=O)N(C)[C@@H](CC(C)C)C(=O)C[C@@H](CC(C)C)C(=O)N(C)[C@@H](C(C)C)C(=O)N1C. The van der Waals surface area contributed by atoms with Crippen molar-refractivity contribution in [2.75, 3.05) is 48.8 Å². The van der Waals surface area contributed by atoms with E-state index in [0.717, 1.165) is 4.90 Å². The molecule has 0 aromatic heterocycles. The zero-order valence-electron chi connectivity index (χ0n) is 57.3. The Morgan fingerprint density at radius 2 is 1.05 bits per heavy atom. The van der Waals surface area contributed by atoms with Gasteiger partial charge < -0.3 is 45.6 Å². The molecule has 13 atom stereocenters. The highest BCUT2D eigenvalue weighted by molar-refractivity contribution is 6.00. The zero-order valence-corrected chi connectivity index (χ0v) is 57.3. The topological polar surface area (TPSA) is 260 Å². The third-order valence-corrected chi connectivity index (χ3v) is 17.3. The number of ketones is 4. The van der Waals surface area contributed by atoms with Crippen molar-refractivity contribution in [2.45, 2.75) is 231 Å². The Balaban J connectivity index is 4.34. The molecule has 1 heterocycles. The molecule has 0 aliphatic carbocycles. The van der Waals surface area contributed by atoms with E-state index < -0.39 is 160 Å². The molecule has 0 bridgehead atoms. The van der Waals surface area contributed by atoms with Crippen LogP contribution in [0.25, 0.3) is 0 Å². The van der Waals surface area contributed by atoms with Gasteiger partial charge in [0.15, 0.2) is 23.1 Å². The molecule has 86 heavy (non-hydrogen) atoms. The van der Waals surface area contributed by atoms with Crippen molar-refractivity contribution in [1.82, 2.24) is 40.4 Å². The second-order valence-electron chi connectivity index (χ2n) is 27.7. The number of nitrogens with one attached hydrogen (secondary N) is 3. The largest absolute Gasteiger partial charge is 0.390 e. The molecule has 1 aliphatic rings. The maximum atomic E-state index is 15.1.